The van der Waals surface area contributed by atoms with E-state index in [1.54, 1.807) is 24.7 Å². The van der Waals surface area contributed by atoms with E-state index in [0.717, 1.165) is 34.3 Å². The maximum absolute atomic E-state index is 13.2. The van der Waals surface area contributed by atoms with Gasteiger partial charge in [0, 0.05) is 18.5 Å². The molecule has 2 heterocycles. The molecule has 0 amide bonds. The summed E-state index contributed by atoms with van der Waals surface area (Å²) in [4.78, 5) is 8.39. The molecule has 4 rings (SSSR count). The van der Waals surface area contributed by atoms with Gasteiger partial charge >= 0.3 is 6.18 Å². The molecule has 0 atom stereocenters. The van der Waals surface area contributed by atoms with E-state index in [1.165, 1.54) is 12.1 Å². The Morgan fingerprint density at radius 2 is 1.69 bits per heavy atom. The Balaban J connectivity index is 1.57. The number of hydrogen-bond acceptors (Lipinski definition) is 4. The third-order valence-corrected chi connectivity index (χ3v) is 5.74. The van der Waals surface area contributed by atoms with E-state index in [0.29, 0.717) is 24.2 Å². The van der Waals surface area contributed by atoms with Gasteiger partial charge in [-0.05, 0) is 74.9 Å². The van der Waals surface area contributed by atoms with E-state index < -0.39 is 11.7 Å². The van der Waals surface area contributed by atoms with Crippen LogP contribution in [0.25, 0.3) is 11.1 Å². The van der Waals surface area contributed by atoms with Crippen LogP contribution in [-0.4, -0.2) is 19.7 Å². The second-order valence-electron chi connectivity index (χ2n) is 9.54. The van der Waals surface area contributed by atoms with Crippen molar-refractivity contribution in [2.45, 2.75) is 52.3 Å². The summed E-state index contributed by atoms with van der Waals surface area (Å²) in [6.45, 7) is 8.25. The molecule has 0 saturated carbocycles. The van der Waals surface area contributed by atoms with Crippen LogP contribution in [0.1, 0.15) is 43.2 Å². The van der Waals surface area contributed by atoms with E-state index in [-0.39, 0.29) is 5.54 Å². The summed E-state index contributed by atoms with van der Waals surface area (Å²) >= 11 is 0. The average Bonchev–Trinajstić information content (AvgIpc) is 3.22. The Kier molecular flexibility index (Phi) is 6.65. The first-order chi connectivity index (χ1) is 16.5. The van der Waals surface area contributed by atoms with Crippen molar-refractivity contribution < 1.29 is 13.2 Å². The monoisotopic (exact) mass is 479 g/mol. The summed E-state index contributed by atoms with van der Waals surface area (Å²) in [7, 11) is 0. The Bertz CT molecular complexity index is 1300. The summed E-state index contributed by atoms with van der Waals surface area (Å²) in [5.74, 6) is 1.46. The zero-order valence-corrected chi connectivity index (χ0v) is 20.2. The second-order valence-corrected chi connectivity index (χ2v) is 9.54. The van der Waals surface area contributed by atoms with E-state index in [9.17, 15) is 13.2 Å². The van der Waals surface area contributed by atoms with Crippen LogP contribution in [0, 0.1) is 6.92 Å². The zero-order chi connectivity index (χ0) is 25.2. The highest BCUT2D eigenvalue weighted by Crippen LogP contribution is 2.33. The molecule has 2 aromatic heterocycles. The average molecular weight is 480 g/mol. The van der Waals surface area contributed by atoms with Gasteiger partial charge in [-0.1, -0.05) is 30.3 Å². The summed E-state index contributed by atoms with van der Waals surface area (Å²) in [5, 5.41) is 8.11. The molecule has 1 N–H and O–H groups in total. The summed E-state index contributed by atoms with van der Waals surface area (Å²) in [6.07, 6.45) is 1.93. The molecule has 0 spiro atoms. The van der Waals surface area contributed by atoms with Crippen molar-refractivity contribution in [1.29, 1.82) is 0 Å². The van der Waals surface area contributed by atoms with Crippen molar-refractivity contribution in [1.82, 2.24) is 19.7 Å². The zero-order valence-electron chi connectivity index (χ0n) is 20.2. The number of halogens is 3. The lowest BCUT2D eigenvalue weighted by Crippen LogP contribution is -2.24. The number of benzene rings is 2. The number of alkyl halides is 3. The molecule has 5 nitrogen and oxygen atoms in total. The molecule has 0 aliphatic heterocycles. The largest absolute Gasteiger partial charge is 0.416 e. The highest BCUT2D eigenvalue weighted by atomic mass is 19.4. The van der Waals surface area contributed by atoms with E-state index in [2.05, 4.69) is 36.1 Å². The second kappa shape index (κ2) is 9.52. The first-order valence-corrected chi connectivity index (χ1v) is 11.4. The van der Waals surface area contributed by atoms with Gasteiger partial charge < -0.3 is 5.32 Å². The normalized spacial score (nSPS) is 12.1. The molecule has 4 aromatic rings. The van der Waals surface area contributed by atoms with Crippen LogP contribution in [0.2, 0.25) is 0 Å². The van der Waals surface area contributed by atoms with Gasteiger partial charge in [0.15, 0.2) is 0 Å². The summed E-state index contributed by atoms with van der Waals surface area (Å²) in [6, 6.07) is 13.3. The first-order valence-electron chi connectivity index (χ1n) is 11.4. The molecule has 182 valence electrons. The summed E-state index contributed by atoms with van der Waals surface area (Å²) in [5.41, 5.74) is 3.50. The van der Waals surface area contributed by atoms with E-state index in [4.69, 9.17) is 5.10 Å². The predicted molar refractivity (Wildman–Crippen MR) is 132 cm³/mol. The molecule has 0 fully saturated rings. The number of nitrogens with zero attached hydrogens (tertiary/aromatic N) is 4. The Morgan fingerprint density at radius 1 is 0.914 bits per heavy atom. The van der Waals surface area contributed by atoms with Crippen molar-refractivity contribution in [3.63, 3.8) is 0 Å². The minimum absolute atomic E-state index is 0.248. The van der Waals surface area contributed by atoms with Crippen LogP contribution >= 0.6 is 0 Å². The molecule has 35 heavy (non-hydrogen) atoms. The maximum Gasteiger partial charge on any atom is 0.416 e. The van der Waals surface area contributed by atoms with Crippen molar-refractivity contribution in [2.75, 3.05) is 5.32 Å². The molecule has 0 unspecified atom stereocenters. The minimum atomic E-state index is -4.37. The van der Waals surface area contributed by atoms with Crippen LogP contribution in [-0.2, 0) is 24.6 Å². The van der Waals surface area contributed by atoms with E-state index >= 15 is 0 Å². The van der Waals surface area contributed by atoms with Gasteiger partial charge in [-0.3, -0.25) is 4.98 Å². The number of anilines is 2. The van der Waals surface area contributed by atoms with Gasteiger partial charge in [-0.2, -0.15) is 18.3 Å². The van der Waals surface area contributed by atoms with Gasteiger partial charge in [0.2, 0.25) is 0 Å². The third-order valence-electron chi connectivity index (χ3n) is 5.74. The molecule has 2 aromatic carbocycles. The molecule has 0 saturated heterocycles. The highest BCUT2D eigenvalue weighted by molar-refractivity contribution is 5.66. The Labute approximate surface area is 203 Å². The standard InChI is InChI=1S/C27H28F3N5/c1-18-8-9-21(20-6-5-7-22(15-20)27(28,29)30)14-19(18)10-11-23-16-25(35(34-23)26(2,3)4)33-24-17-31-12-13-32-24/h5-9,12-17H,10-11H2,1-4H3,(H,32,33). The number of hydrogen-bond donors (Lipinski definition) is 1. The summed E-state index contributed by atoms with van der Waals surface area (Å²) < 4.78 is 41.4. The molecule has 0 radical (unpaired) electrons. The lowest BCUT2D eigenvalue weighted by atomic mass is 9.96. The van der Waals surface area contributed by atoms with Crippen molar-refractivity contribution in [3.05, 3.63) is 89.5 Å². The van der Waals surface area contributed by atoms with Gasteiger partial charge in [0.1, 0.15) is 11.6 Å². The van der Waals surface area contributed by atoms with Gasteiger partial charge in [0.25, 0.3) is 0 Å². The fraction of sp³-hybridized carbons (Fsp3) is 0.296. The van der Waals surface area contributed by atoms with Crippen LogP contribution < -0.4 is 5.32 Å². The molecule has 0 bridgehead atoms. The van der Waals surface area contributed by atoms with Crippen LogP contribution in [0.15, 0.2) is 67.1 Å². The number of nitrogens with one attached hydrogen (secondary N) is 1. The topological polar surface area (TPSA) is 55.6 Å². The van der Waals surface area contributed by atoms with Crippen molar-refractivity contribution >= 4 is 11.6 Å². The first kappa shape index (κ1) is 24.4. The lowest BCUT2D eigenvalue weighted by molar-refractivity contribution is -0.137. The van der Waals surface area contributed by atoms with Crippen LogP contribution in [0.5, 0.6) is 0 Å². The fourth-order valence-corrected chi connectivity index (χ4v) is 3.91. The van der Waals surface area contributed by atoms with E-state index in [1.807, 2.05) is 35.9 Å². The lowest BCUT2D eigenvalue weighted by Gasteiger charge is -2.22. The van der Waals surface area contributed by atoms with Crippen LogP contribution in [0.4, 0.5) is 24.8 Å². The molecular weight excluding hydrogens is 451 g/mol. The minimum Gasteiger partial charge on any atom is -0.324 e. The maximum atomic E-state index is 13.2. The Hall–Kier alpha value is -3.68. The van der Waals surface area contributed by atoms with Gasteiger partial charge in [-0.15, -0.1) is 0 Å². The molecule has 8 heteroatoms. The molecule has 0 aliphatic carbocycles. The molecular formula is C27H28F3N5. The number of rotatable bonds is 6. The van der Waals surface area contributed by atoms with Crippen LogP contribution in [0.3, 0.4) is 0 Å². The third kappa shape index (κ3) is 5.88. The fourth-order valence-electron chi connectivity index (χ4n) is 3.91. The van der Waals surface area contributed by atoms with Gasteiger partial charge in [0.05, 0.1) is 23.0 Å². The highest BCUT2D eigenvalue weighted by Gasteiger charge is 2.30. The van der Waals surface area contributed by atoms with Crippen molar-refractivity contribution in [2.24, 2.45) is 0 Å². The molecule has 0 aliphatic rings. The quantitative estimate of drug-likeness (QED) is 0.325. The smallest absolute Gasteiger partial charge is 0.324 e. The number of aryl methyl sites for hydroxylation is 3. The van der Waals surface area contributed by atoms with Gasteiger partial charge in [-0.25, -0.2) is 9.67 Å². The number of aromatic nitrogens is 4. The van der Waals surface area contributed by atoms with Crippen molar-refractivity contribution in [3.8, 4) is 11.1 Å². The SMILES string of the molecule is Cc1ccc(-c2cccc(C(F)(F)F)c2)cc1CCc1cc(Nc2cnccn2)n(C(C)(C)C)n1. The Morgan fingerprint density at radius 3 is 2.37 bits per heavy atom. The predicted octanol–water partition coefficient (Wildman–Crippen LogP) is 6.95.